The molecular formula is C29H44O6Si2. The summed E-state index contributed by atoms with van der Waals surface area (Å²) in [6, 6.07) is 7.88. The summed E-state index contributed by atoms with van der Waals surface area (Å²) in [5.74, 6) is 4.05. The number of rotatable bonds is 8. The van der Waals surface area contributed by atoms with Crippen molar-refractivity contribution in [3.05, 3.63) is 35.4 Å². The summed E-state index contributed by atoms with van der Waals surface area (Å²) in [7, 11) is -1.10. The maximum absolute atomic E-state index is 6.97. The van der Waals surface area contributed by atoms with Crippen molar-refractivity contribution in [3.63, 3.8) is 0 Å². The van der Waals surface area contributed by atoms with Crippen molar-refractivity contribution < 1.29 is 27.8 Å². The summed E-state index contributed by atoms with van der Waals surface area (Å²) in [5, 5.41) is 0.0249. The third kappa shape index (κ3) is 6.12. The average molecular weight is 545 g/mol. The summed E-state index contributed by atoms with van der Waals surface area (Å²) in [6.07, 6.45) is 4.08. The lowest BCUT2D eigenvalue weighted by atomic mass is 10.1. The number of hydrogen-bond acceptors (Lipinski definition) is 6. The van der Waals surface area contributed by atoms with Crippen molar-refractivity contribution in [3.8, 4) is 34.5 Å². The molecule has 8 heteroatoms. The number of methoxy groups -OCH3 is 2. The number of benzene rings is 2. The van der Waals surface area contributed by atoms with E-state index in [9.17, 15) is 0 Å². The van der Waals surface area contributed by atoms with Crippen LogP contribution in [0.1, 0.15) is 52.7 Å². The Morgan fingerprint density at radius 2 is 1.30 bits per heavy atom. The molecule has 0 bridgehead atoms. The van der Waals surface area contributed by atoms with Gasteiger partial charge in [0.1, 0.15) is 0 Å². The molecule has 0 aromatic heterocycles. The second kappa shape index (κ2) is 10.3. The van der Waals surface area contributed by atoms with Crippen LogP contribution in [0.2, 0.25) is 36.3 Å². The van der Waals surface area contributed by atoms with E-state index >= 15 is 0 Å². The predicted molar refractivity (Wildman–Crippen MR) is 157 cm³/mol. The lowest BCUT2D eigenvalue weighted by Gasteiger charge is -2.40. The van der Waals surface area contributed by atoms with Gasteiger partial charge in [0.2, 0.25) is 12.5 Å². The predicted octanol–water partition coefficient (Wildman–Crippen LogP) is 8.37. The van der Waals surface area contributed by atoms with Crippen LogP contribution >= 0.6 is 0 Å². The Morgan fingerprint density at radius 3 is 1.84 bits per heavy atom. The number of hydrogen-bond donors (Lipinski definition) is 0. The molecule has 2 aromatic rings. The molecule has 0 saturated carbocycles. The zero-order valence-corrected chi connectivity index (χ0v) is 26.6. The minimum Gasteiger partial charge on any atom is -0.541 e. The Morgan fingerprint density at radius 1 is 0.730 bits per heavy atom. The van der Waals surface area contributed by atoms with Crippen molar-refractivity contribution >= 4 is 28.8 Å². The lowest BCUT2D eigenvalue weighted by molar-refractivity contribution is 0.171. The smallest absolute Gasteiger partial charge is 0.250 e. The van der Waals surface area contributed by atoms with Gasteiger partial charge in [0.15, 0.2) is 28.7 Å². The molecule has 0 amide bonds. The first-order valence-electron chi connectivity index (χ1n) is 12.8. The Kier molecular flexibility index (Phi) is 8.06. The van der Waals surface area contributed by atoms with Crippen LogP contribution in [-0.4, -0.2) is 37.6 Å². The Hall–Kier alpha value is -2.59. The quantitative estimate of drug-likeness (QED) is 0.246. The number of fused-ring (bicyclic) bond motifs is 1. The second-order valence-electron chi connectivity index (χ2n) is 12.5. The summed E-state index contributed by atoms with van der Waals surface area (Å²) >= 11 is 0. The zero-order chi connectivity index (χ0) is 27.8. The van der Waals surface area contributed by atoms with Crippen LogP contribution in [0.15, 0.2) is 24.3 Å². The summed E-state index contributed by atoms with van der Waals surface area (Å²) < 4.78 is 36.3. The first-order valence-corrected chi connectivity index (χ1v) is 18.6. The maximum Gasteiger partial charge on any atom is 0.250 e. The van der Waals surface area contributed by atoms with Crippen LogP contribution in [0.3, 0.4) is 0 Å². The van der Waals surface area contributed by atoms with Gasteiger partial charge in [-0.05, 0) is 66.1 Å². The molecule has 0 aliphatic carbocycles. The zero-order valence-electron chi connectivity index (χ0n) is 24.6. The molecule has 3 rings (SSSR count). The standard InChI is InChI=1S/C29H44O6Si2/c1-28(2,3)36(9,10)34-25-21(14-13-20-17-23(31-8)26-24(18-20)32-19-33-26)15-16-22(30-7)27(25)35-37(11,12)29(4,5)6/h13-18H,19H2,1-12H3/b14-13+. The SMILES string of the molecule is COc1cc(/C=C/c2ccc(OC)c(O[Si](C)(C)C(C)(C)C)c2O[Si](C)(C)C(C)(C)C)cc2c1OCO2. The third-order valence-corrected chi connectivity index (χ3v) is 16.4. The molecule has 0 radical (unpaired) electrons. The van der Waals surface area contributed by atoms with E-state index in [0.717, 1.165) is 16.9 Å². The van der Waals surface area contributed by atoms with Gasteiger partial charge < -0.3 is 27.8 Å². The van der Waals surface area contributed by atoms with Crippen molar-refractivity contribution in [2.75, 3.05) is 21.0 Å². The van der Waals surface area contributed by atoms with E-state index in [2.05, 4.69) is 73.8 Å². The molecule has 0 fully saturated rings. The summed E-state index contributed by atoms with van der Waals surface area (Å²) in [6.45, 7) is 22.6. The first kappa shape index (κ1) is 29.0. The maximum atomic E-state index is 6.97. The molecule has 204 valence electrons. The molecule has 1 aliphatic heterocycles. The average Bonchev–Trinajstić information content (AvgIpc) is 3.25. The van der Waals surface area contributed by atoms with E-state index in [1.54, 1.807) is 14.2 Å². The van der Waals surface area contributed by atoms with Crippen LogP contribution in [0, 0.1) is 0 Å². The van der Waals surface area contributed by atoms with Gasteiger partial charge in [-0.15, -0.1) is 0 Å². The molecule has 1 aliphatic rings. The van der Waals surface area contributed by atoms with Crippen molar-refractivity contribution in [1.82, 2.24) is 0 Å². The highest BCUT2D eigenvalue weighted by Gasteiger charge is 2.43. The molecule has 2 aromatic carbocycles. The Balaban J connectivity index is 2.17. The van der Waals surface area contributed by atoms with E-state index in [-0.39, 0.29) is 16.9 Å². The fourth-order valence-corrected chi connectivity index (χ4v) is 5.34. The van der Waals surface area contributed by atoms with E-state index in [0.29, 0.717) is 28.7 Å². The van der Waals surface area contributed by atoms with Crippen LogP contribution in [0.5, 0.6) is 34.5 Å². The monoisotopic (exact) mass is 544 g/mol. The molecule has 0 N–H and O–H groups in total. The normalized spacial score (nSPS) is 14.2. The van der Waals surface area contributed by atoms with Gasteiger partial charge in [-0.2, -0.15) is 0 Å². The van der Waals surface area contributed by atoms with E-state index in [1.807, 2.05) is 30.3 Å². The third-order valence-electron chi connectivity index (χ3n) is 7.79. The molecule has 6 nitrogen and oxygen atoms in total. The van der Waals surface area contributed by atoms with Crippen LogP contribution in [-0.2, 0) is 0 Å². The highest BCUT2D eigenvalue weighted by molar-refractivity contribution is 6.75. The molecule has 0 saturated heterocycles. The molecule has 0 spiro atoms. The minimum atomic E-state index is -2.21. The van der Waals surface area contributed by atoms with Gasteiger partial charge in [-0.3, -0.25) is 0 Å². The molecule has 0 unspecified atom stereocenters. The largest absolute Gasteiger partial charge is 0.541 e. The Labute approximate surface area is 225 Å². The van der Waals surface area contributed by atoms with Crippen molar-refractivity contribution in [2.24, 2.45) is 0 Å². The summed E-state index contributed by atoms with van der Waals surface area (Å²) in [5.41, 5.74) is 1.86. The van der Waals surface area contributed by atoms with Crippen molar-refractivity contribution in [2.45, 2.75) is 77.8 Å². The molecular weight excluding hydrogens is 500 g/mol. The van der Waals surface area contributed by atoms with E-state index in [1.165, 1.54) is 0 Å². The molecule has 1 heterocycles. The van der Waals surface area contributed by atoms with Gasteiger partial charge >= 0.3 is 0 Å². The van der Waals surface area contributed by atoms with Gasteiger partial charge in [-0.25, -0.2) is 0 Å². The molecule has 37 heavy (non-hydrogen) atoms. The van der Waals surface area contributed by atoms with Crippen LogP contribution in [0.25, 0.3) is 12.2 Å². The van der Waals surface area contributed by atoms with E-state index < -0.39 is 16.6 Å². The van der Waals surface area contributed by atoms with Gasteiger partial charge in [0.05, 0.1) is 14.2 Å². The van der Waals surface area contributed by atoms with Gasteiger partial charge in [0.25, 0.3) is 16.6 Å². The van der Waals surface area contributed by atoms with E-state index in [4.69, 9.17) is 27.8 Å². The lowest BCUT2D eigenvalue weighted by Crippen LogP contribution is -2.46. The van der Waals surface area contributed by atoms with Gasteiger partial charge in [-0.1, -0.05) is 53.7 Å². The fraction of sp³-hybridized carbons (Fsp3) is 0.517. The fourth-order valence-electron chi connectivity index (χ4n) is 3.30. The highest BCUT2D eigenvalue weighted by atomic mass is 28.4. The van der Waals surface area contributed by atoms with Crippen LogP contribution < -0.4 is 27.8 Å². The first-order chi connectivity index (χ1) is 17.0. The second-order valence-corrected chi connectivity index (χ2v) is 22.0. The Bertz CT molecular complexity index is 1160. The van der Waals surface area contributed by atoms with Gasteiger partial charge in [0, 0.05) is 5.56 Å². The van der Waals surface area contributed by atoms with Crippen LogP contribution in [0.4, 0.5) is 0 Å². The molecule has 0 atom stereocenters. The highest BCUT2D eigenvalue weighted by Crippen LogP contribution is 2.49. The number of ether oxygens (including phenoxy) is 4. The van der Waals surface area contributed by atoms with Crippen molar-refractivity contribution in [1.29, 1.82) is 0 Å². The topological polar surface area (TPSA) is 55.4 Å². The minimum absolute atomic E-state index is 0.00991. The summed E-state index contributed by atoms with van der Waals surface area (Å²) in [4.78, 5) is 0.